The Kier molecular flexibility index (Phi) is 9.82. The monoisotopic (exact) mass is 518 g/mol. The summed E-state index contributed by atoms with van der Waals surface area (Å²) in [6, 6.07) is 8.90. The highest BCUT2D eigenvalue weighted by Crippen LogP contribution is 2.26. The van der Waals surface area contributed by atoms with Crippen LogP contribution in [-0.4, -0.2) is 69.3 Å². The molecule has 1 aliphatic rings. The van der Waals surface area contributed by atoms with Crippen molar-refractivity contribution >= 4 is 21.5 Å². The molecule has 200 valence electrons. The smallest absolute Gasteiger partial charge is 0.261 e. The minimum atomic E-state index is -2.99. The summed E-state index contributed by atoms with van der Waals surface area (Å²) in [5.74, 6) is 1.95. The highest BCUT2D eigenvalue weighted by Gasteiger charge is 2.28. The Labute approximate surface area is 216 Å². The third-order valence-electron chi connectivity index (χ3n) is 6.80. The fourth-order valence-electron chi connectivity index (χ4n) is 4.28. The van der Waals surface area contributed by atoms with E-state index in [1.807, 2.05) is 0 Å². The number of aryl methyl sites for hydroxylation is 1. The molecule has 2 aromatic rings. The molecule has 0 atom stereocenters. The molecule has 0 bridgehead atoms. The van der Waals surface area contributed by atoms with Gasteiger partial charge in [0, 0.05) is 31.9 Å². The van der Waals surface area contributed by atoms with E-state index in [-0.39, 0.29) is 0 Å². The van der Waals surface area contributed by atoms with Gasteiger partial charge in [0.05, 0.1) is 30.9 Å². The molecule has 1 aromatic carbocycles. The fourth-order valence-corrected chi connectivity index (χ4v) is 5.48. The lowest BCUT2D eigenvalue weighted by Gasteiger charge is -2.36. The van der Waals surface area contributed by atoms with Crippen molar-refractivity contribution in [3.05, 3.63) is 36.0 Å². The minimum Gasteiger partial charge on any atom is -0.490 e. The number of piperazine rings is 1. The van der Waals surface area contributed by atoms with E-state index in [9.17, 15) is 8.42 Å². The van der Waals surface area contributed by atoms with Gasteiger partial charge in [-0.1, -0.05) is 31.4 Å². The SMILES string of the molecule is COc1cnc(N2CCN(c3ccc(CCCCCCCS(=O)(=O)C(C)(C)C)cc3)CC2)nc1OC. The molecule has 9 heteroatoms. The summed E-state index contributed by atoms with van der Waals surface area (Å²) >= 11 is 0. The Morgan fingerprint density at radius 3 is 2.08 bits per heavy atom. The number of hydrogen-bond acceptors (Lipinski definition) is 8. The normalized spacial score (nSPS) is 14.7. The zero-order valence-corrected chi connectivity index (χ0v) is 23.3. The molecular weight excluding hydrogens is 476 g/mol. The number of methoxy groups -OCH3 is 2. The van der Waals surface area contributed by atoms with Crippen LogP contribution >= 0.6 is 0 Å². The molecule has 3 rings (SSSR count). The Morgan fingerprint density at radius 1 is 0.861 bits per heavy atom. The van der Waals surface area contributed by atoms with Gasteiger partial charge in [-0.3, -0.25) is 0 Å². The lowest BCUT2D eigenvalue weighted by molar-refractivity contribution is 0.340. The Morgan fingerprint density at radius 2 is 1.47 bits per heavy atom. The number of hydrogen-bond donors (Lipinski definition) is 0. The first-order chi connectivity index (χ1) is 17.1. The number of benzene rings is 1. The van der Waals surface area contributed by atoms with Crippen LogP contribution in [0.25, 0.3) is 0 Å². The quantitative estimate of drug-likeness (QED) is 0.379. The van der Waals surface area contributed by atoms with Gasteiger partial charge < -0.3 is 19.3 Å². The first kappa shape index (κ1) is 28.0. The van der Waals surface area contributed by atoms with Crippen molar-refractivity contribution in [3.8, 4) is 11.6 Å². The maximum atomic E-state index is 12.2. The van der Waals surface area contributed by atoms with Gasteiger partial charge in [-0.2, -0.15) is 4.98 Å². The van der Waals surface area contributed by atoms with Crippen LogP contribution in [0.15, 0.2) is 30.5 Å². The van der Waals surface area contributed by atoms with Crippen LogP contribution in [0.3, 0.4) is 0 Å². The zero-order valence-electron chi connectivity index (χ0n) is 22.5. The number of rotatable bonds is 12. The second-order valence-electron chi connectivity index (χ2n) is 10.3. The van der Waals surface area contributed by atoms with Gasteiger partial charge in [0.2, 0.25) is 5.95 Å². The molecule has 8 nitrogen and oxygen atoms in total. The Hall–Kier alpha value is -2.55. The van der Waals surface area contributed by atoms with E-state index in [1.54, 1.807) is 41.2 Å². The lowest BCUT2D eigenvalue weighted by atomic mass is 10.0. The van der Waals surface area contributed by atoms with E-state index in [2.05, 4.69) is 44.0 Å². The van der Waals surface area contributed by atoms with E-state index in [0.717, 1.165) is 64.7 Å². The molecule has 0 unspecified atom stereocenters. The highest BCUT2D eigenvalue weighted by atomic mass is 32.2. The molecule has 0 radical (unpaired) electrons. The molecule has 36 heavy (non-hydrogen) atoms. The zero-order chi connectivity index (χ0) is 26.2. The number of nitrogens with zero attached hydrogens (tertiary/aromatic N) is 4. The Balaban J connectivity index is 1.37. The van der Waals surface area contributed by atoms with Crippen molar-refractivity contribution in [3.63, 3.8) is 0 Å². The van der Waals surface area contributed by atoms with Crippen LogP contribution in [0, 0.1) is 0 Å². The summed E-state index contributed by atoms with van der Waals surface area (Å²) in [6.45, 7) is 8.83. The molecule has 2 heterocycles. The maximum Gasteiger partial charge on any atom is 0.261 e. The van der Waals surface area contributed by atoms with Crippen molar-refractivity contribution in [1.29, 1.82) is 0 Å². The van der Waals surface area contributed by atoms with Gasteiger partial charge in [-0.05, 0) is 57.7 Å². The van der Waals surface area contributed by atoms with Crippen LogP contribution in [0.2, 0.25) is 0 Å². The molecule has 1 fully saturated rings. The van der Waals surface area contributed by atoms with Crippen molar-refractivity contribution in [2.75, 3.05) is 56.0 Å². The number of sulfone groups is 1. The van der Waals surface area contributed by atoms with Crippen LogP contribution in [-0.2, 0) is 16.3 Å². The predicted molar refractivity (Wildman–Crippen MR) is 146 cm³/mol. The minimum absolute atomic E-state index is 0.299. The molecule has 0 N–H and O–H groups in total. The van der Waals surface area contributed by atoms with Crippen molar-refractivity contribution in [2.24, 2.45) is 0 Å². The van der Waals surface area contributed by atoms with Gasteiger partial charge in [-0.15, -0.1) is 0 Å². The standard InChI is InChI=1S/C27H42N4O4S/c1-27(2,3)36(32,33)20-10-8-6-7-9-11-22-12-14-23(15-13-22)30-16-18-31(19-17-30)26-28-21-24(34-4)25(29-26)35-5/h12-15,21H,6-11,16-20H2,1-5H3. The first-order valence-electron chi connectivity index (χ1n) is 12.9. The van der Waals surface area contributed by atoms with Crippen LogP contribution < -0.4 is 19.3 Å². The lowest BCUT2D eigenvalue weighted by Crippen LogP contribution is -2.47. The van der Waals surface area contributed by atoms with E-state index in [4.69, 9.17) is 9.47 Å². The van der Waals surface area contributed by atoms with E-state index in [1.165, 1.54) is 11.3 Å². The van der Waals surface area contributed by atoms with E-state index < -0.39 is 14.6 Å². The van der Waals surface area contributed by atoms with E-state index in [0.29, 0.717) is 23.3 Å². The van der Waals surface area contributed by atoms with Crippen LogP contribution in [0.1, 0.15) is 58.4 Å². The van der Waals surface area contributed by atoms with Crippen molar-refractivity contribution < 1.29 is 17.9 Å². The average Bonchev–Trinajstić information content (AvgIpc) is 2.87. The second kappa shape index (κ2) is 12.6. The van der Waals surface area contributed by atoms with Gasteiger partial charge in [0.25, 0.3) is 5.88 Å². The number of aromatic nitrogens is 2. The molecule has 1 aliphatic heterocycles. The largest absolute Gasteiger partial charge is 0.490 e. The molecule has 0 aliphatic carbocycles. The molecule has 0 amide bonds. The highest BCUT2D eigenvalue weighted by molar-refractivity contribution is 7.92. The van der Waals surface area contributed by atoms with E-state index >= 15 is 0 Å². The van der Waals surface area contributed by atoms with Gasteiger partial charge in [-0.25, -0.2) is 13.4 Å². The third kappa shape index (κ3) is 7.48. The molecule has 0 saturated carbocycles. The van der Waals surface area contributed by atoms with Gasteiger partial charge in [0.1, 0.15) is 0 Å². The summed E-state index contributed by atoms with van der Waals surface area (Å²) < 4.78 is 34.2. The molecule has 1 aromatic heterocycles. The molecular formula is C27H42N4O4S. The van der Waals surface area contributed by atoms with Crippen LogP contribution in [0.5, 0.6) is 11.6 Å². The number of ether oxygens (including phenoxy) is 2. The summed E-state index contributed by atoms with van der Waals surface area (Å²) in [5.41, 5.74) is 2.60. The predicted octanol–water partition coefficient (Wildman–Crippen LogP) is 4.53. The van der Waals surface area contributed by atoms with Crippen molar-refractivity contribution in [2.45, 2.75) is 64.0 Å². The molecule has 0 spiro atoms. The second-order valence-corrected chi connectivity index (χ2v) is 13.2. The summed E-state index contributed by atoms with van der Waals surface area (Å²) in [5, 5.41) is 0. The topological polar surface area (TPSA) is 84.9 Å². The summed E-state index contributed by atoms with van der Waals surface area (Å²) in [6.07, 6.45) is 7.82. The van der Waals surface area contributed by atoms with Gasteiger partial charge in [0.15, 0.2) is 15.6 Å². The third-order valence-corrected chi connectivity index (χ3v) is 9.49. The maximum absolute atomic E-state index is 12.2. The average molecular weight is 519 g/mol. The first-order valence-corrected chi connectivity index (χ1v) is 14.6. The van der Waals surface area contributed by atoms with Crippen LogP contribution in [0.4, 0.5) is 11.6 Å². The fraction of sp³-hybridized carbons (Fsp3) is 0.630. The molecule has 1 saturated heterocycles. The van der Waals surface area contributed by atoms with Gasteiger partial charge >= 0.3 is 0 Å². The number of anilines is 2. The summed E-state index contributed by atoms with van der Waals surface area (Å²) in [4.78, 5) is 13.5. The number of unbranched alkanes of at least 4 members (excludes halogenated alkanes) is 4. The Bertz CT molecular complexity index is 1060. The summed E-state index contributed by atoms with van der Waals surface area (Å²) in [7, 11) is 0.171. The van der Waals surface area contributed by atoms with Crippen molar-refractivity contribution in [1.82, 2.24) is 9.97 Å².